The highest BCUT2D eigenvalue weighted by Gasteiger charge is 2.26. The molecule has 2 rings (SSSR count). The quantitative estimate of drug-likeness (QED) is 0.794. The van der Waals surface area contributed by atoms with Crippen LogP contribution < -0.4 is 5.32 Å². The van der Waals surface area contributed by atoms with Gasteiger partial charge >= 0.3 is 6.09 Å². The molecule has 0 heterocycles. The van der Waals surface area contributed by atoms with Gasteiger partial charge in [0, 0.05) is 6.54 Å². The van der Waals surface area contributed by atoms with Crippen LogP contribution in [0.3, 0.4) is 0 Å². The highest BCUT2D eigenvalue weighted by Crippen LogP contribution is 2.23. The van der Waals surface area contributed by atoms with E-state index in [0.29, 0.717) is 5.56 Å². The van der Waals surface area contributed by atoms with Crippen molar-refractivity contribution in [2.75, 3.05) is 6.54 Å². The molecule has 4 nitrogen and oxygen atoms in total. The lowest BCUT2D eigenvalue weighted by molar-refractivity contribution is 0.0524. The second-order valence-corrected chi connectivity index (χ2v) is 7.19. The van der Waals surface area contributed by atoms with Gasteiger partial charge in [-0.05, 0) is 51.0 Å². The molecule has 0 aromatic heterocycles. The summed E-state index contributed by atoms with van der Waals surface area (Å²) in [7, 11) is 0. The van der Waals surface area contributed by atoms with Gasteiger partial charge in [-0.25, -0.2) is 9.18 Å². The molecule has 0 aliphatic rings. The number of nitrogens with one attached hydrogen (secondary N) is 1. The monoisotopic (exact) mass is 357 g/mol. The lowest BCUT2D eigenvalue weighted by atomic mass is 9.90. The van der Waals surface area contributed by atoms with Crippen molar-refractivity contribution in [3.05, 3.63) is 71.0 Å². The van der Waals surface area contributed by atoms with E-state index in [2.05, 4.69) is 5.32 Å². The van der Waals surface area contributed by atoms with Gasteiger partial charge in [0.05, 0.1) is 11.5 Å². The Hall–Kier alpha value is -2.69. The highest BCUT2D eigenvalue weighted by atomic mass is 19.1. The van der Waals surface area contributed by atoms with E-state index in [1.165, 1.54) is 12.1 Å². The number of amides is 1. The summed E-state index contributed by atoms with van der Waals surface area (Å²) >= 11 is 0. The van der Waals surface area contributed by atoms with E-state index in [1.54, 1.807) is 58.0 Å². The summed E-state index contributed by atoms with van der Waals surface area (Å²) in [6.45, 7) is 7.05. The molecule has 0 bridgehead atoms. The zero-order chi connectivity index (χ0) is 19.3. The Morgan fingerprint density at radius 3 is 2.35 bits per heavy atom. The van der Waals surface area contributed by atoms with Crippen molar-refractivity contribution >= 4 is 11.9 Å². The second-order valence-electron chi connectivity index (χ2n) is 7.19. The van der Waals surface area contributed by atoms with Gasteiger partial charge < -0.3 is 10.1 Å². The maximum Gasteiger partial charge on any atom is 0.407 e. The van der Waals surface area contributed by atoms with Crippen molar-refractivity contribution in [3.8, 4) is 0 Å². The number of hydrogen-bond acceptors (Lipinski definition) is 3. The summed E-state index contributed by atoms with van der Waals surface area (Å²) < 4.78 is 19.5. The van der Waals surface area contributed by atoms with Gasteiger partial charge in [0.1, 0.15) is 11.4 Å². The minimum absolute atomic E-state index is 0.00967. The van der Waals surface area contributed by atoms with Crippen molar-refractivity contribution < 1.29 is 18.7 Å². The Kier molecular flexibility index (Phi) is 6.14. The van der Waals surface area contributed by atoms with E-state index < -0.39 is 23.4 Å². The number of carbonyl (C=O) groups excluding carboxylic acids is 2. The molecule has 1 amide bonds. The summed E-state index contributed by atoms with van der Waals surface area (Å²) in [4.78, 5) is 24.9. The molecule has 0 saturated heterocycles. The number of aryl methyl sites for hydroxylation is 1. The maximum atomic E-state index is 14.3. The van der Waals surface area contributed by atoms with Gasteiger partial charge in [-0.2, -0.15) is 0 Å². The number of carbonyl (C=O) groups is 2. The van der Waals surface area contributed by atoms with Crippen molar-refractivity contribution in [3.63, 3.8) is 0 Å². The number of alkyl carbamates (subject to hydrolysis) is 1. The van der Waals surface area contributed by atoms with E-state index in [0.717, 1.165) is 5.56 Å². The summed E-state index contributed by atoms with van der Waals surface area (Å²) in [6, 6.07) is 13.5. The fourth-order valence-electron chi connectivity index (χ4n) is 2.55. The number of halogens is 1. The SMILES string of the molecule is Cc1ccc(C(=O)C(CNC(=O)OC(C)(C)C)c2ccccc2)c(F)c1. The van der Waals surface area contributed by atoms with Crippen molar-refractivity contribution in [1.29, 1.82) is 0 Å². The van der Waals surface area contributed by atoms with Crippen LogP contribution in [0.5, 0.6) is 0 Å². The predicted octanol–water partition coefficient (Wildman–Crippen LogP) is 4.63. The van der Waals surface area contributed by atoms with Gasteiger partial charge in [0.2, 0.25) is 0 Å². The summed E-state index contributed by atoms with van der Waals surface area (Å²) in [5.74, 6) is -1.65. The molecule has 2 aromatic carbocycles. The molecule has 5 heteroatoms. The van der Waals surface area contributed by atoms with Crippen LogP contribution in [-0.2, 0) is 4.74 Å². The first-order valence-corrected chi connectivity index (χ1v) is 8.49. The minimum Gasteiger partial charge on any atom is -0.444 e. The first kappa shape index (κ1) is 19.6. The summed E-state index contributed by atoms with van der Waals surface area (Å²) in [6.07, 6.45) is -0.615. The van der Waals surface area contributed by atoms with Gasteiger partial charge in [0.25, 0.3) is 0 Å². The largest absolute Gasteiger partial charge is 0.444 e. The number of hydrogen-bond donors (Lipinski definition) is 1. The summed E-state index contributed by atoms with van der Waals surface area (Å²) in [5.41, 5.74) is 0.811. The fourth-order valence-corrected chi connectivity index (χ4v) is 2.55. The van der Waals surface area contributed by atoms with Crippen LogP contribution in [-0.4, -0.2) is 24.0 Å². The molecule has 26 heavy (non-hydrogen) atoms. The number of benzene rings is 2. The predicted molar refractivity (Wildman–Crippen MR) is 98.9 cm³/mol. The minimum atomic E-state index is -0.707. The highest BCUT2D eigenvalue weighted by molar-refractivity contribution is 6.01. The molecule has 0 radical (unpaired) electrons. The van der Waals surface area contributed by atoms with Crippen molar-refractivity contribution in [2.45, 2.75) is 39.2 Å². The Balaban J connectivity index is 2.24. The van der Waals surface area contributed by atoms with Crippen LogP contribution >= 0.6 is 0 Å². The maximum absolute atomic E-state index is 14.3. The average molecular weight is 357 g/mol. The van der Waals surface area contributed by atoms with E-state index in [-0.39, 0.29) is 17.9 Å². The van der Waals surface area contributed by atoms with Crippen LogP contribution in [0.25, 0.3) is 0 Å². The zero-order valence-electron chi connectivity index (χ0n) is 15.5. The molecule has 0 spiro atoms. The van der Waals surface area contributed by atoms with Gasteiger partial charge in [0.15, 0.2) is 5.78 Å². The molecule has 1 atom stereocenters. The fraction of sp³-hybridized carbons (Fsp3) is 0.333. The molecule has 0 aliphatic carbocycles. The van der Waals surface area contributed by atoms with Crippen LogP contribution in [0.1, 0.15) is 48.2 Å². The molecule has 0 aliphatic heterocycles. The smallest absolute Gasteiger partial charge is 0.407 e. The van der Waals surface area contributed by atoms with Gasteiger partial charge in [-0.1, -0.05) is 36.4 Å². The number of ketones is 1. The Labute approximate surface area is 153 Å². The second kappa shape index (κ2) is 8.13. The first-order valence-electron chi connectivity index (χ1n) is 8.49. The molecule has 0 saturated carbocycles. The number of ether oxygens (including phenoxy) is 1. The van der Waals surface area contributed by atoms with Gasteiger partial charge in [-0.3, -0.25) is 4.79 Å². The normalized spacial score (nSPS) is 12.3. The van der Waals surface area contributed by atoms with E-state index in [9.17, 15) is 14.0 Å². The topological polar surface area (TPSA) is 55.4 Å². The molecule has 1 unspecified atom stereocenters. The molecule has 138 valence electrons. The zero-order valence-corrected chi connectivity index (χ0v) is 15.5. The molecular formula is C21H24FNO3. The third kappa shape index (κ3) is 5.41. The molecule has 2 aromatic rings. The van der Waals surface area contributed by atoms with Crippen LogP contribution in [0, 0.1) is 12.7 Å². The molecule has 0 fully saturated rings. The average Bonchev–Trinajstić information content (AvgIpc) is 2.54. The van der Waals surface area contributed by atoms with Crippen LogP contribution in [0.15, 0.2) is 48.5 Å². The van der Waals surface area contributed by atoms with Crippen LogP contribution in [0.4, 0.5) is 9.18 Å². The lowest BCUT2D eigenvalue weighted by Crippen LogP contribution is -2.36. The van der Waals surface area contributed by atoms with E-state index in [1.807, 2.05) is 6.07 Å². The standard InChI is InChI=1S/C21H24FNO3/c1-14-10-11-16(18(22)12-14)19(24)17(15-8-6-5-7-9-15)13-23-20(25)26-21(2,3)4/h5-12,17H,13H2,1-4H3,(H,23,25). The van der Waals surface area contributed by atoms with Gasteiger partial charge in [-0.15, -0.1) is 0 Å². The summed E-state index contributed by atoms with van der Waals surface area (Å²) in [5, 5.41) is 2.61. The number of Topliss-reactive ketones (excluding diaryl/α,β-unsaturated/α-hetero) is 1. The number of rotatable bonds is 5. The Bertz CT molecular complexity index is 782. The Morgan fingerprint density at radius 2 is 1.77 bits per heavy atom. The van der Waals surface area contributed by atoms with E-state index in [4.69, 9.17) is 4.74 Å². The third-order valence-electron chi connectivity index (χ3n) is 3.76. The first-order chi connectivity index (χ1) is 12.2. The lowest BCUT2D eigenvalue weighted by Gasteiger charge is -2.22. The molecular weight excluding hydrogens is 333 g/mol. The van der Waals surface area contributed by atoms with Crippen molar-refractivity contribution in [1.82, 2.24) is 5.32 Å². The van der Waals surface area contributed by atoms with Crippen LogP contribution in [0.2, 0.25) is 0 Å². The molecule has 1 N–H and O–H groups in total. The third-order valence-corrected chi connectivity index (χ3v) is 3.76. The van der Waals surface area contributed by atoms with E-state index >= 15 is 0 Å². The Morgan fingerprint density at radius 1 is 1.12 bits per heavy atom. The van der Waals surface area contributed by atoms with Crippen molar-refractivity contribution in [2.24, 2.45) is 0 Å².